The second-order valence-corrected chi connectivity index (χ2v) is 5.25. The summed E-state index contributed by atoms with van der Waals surface area (Å²) in [5, 5.41) is 39.9. The molecule has 3 rings (SSSR count). The molecule has 0 spiro atoms. The van der Waals surface area contributed by atoms with Crippen LogP contribution in [0.4, 0.5) is 5.82 Å². The molecule has 3 heterocycles. The molecule has 5 atom stereocenters. The van der Waals surface area contributed by atoms with Crippen molar-refractivity contribution in [2.75, 3.05) is 12.3 Å². The van der Waals surface area contributed by atoms with E-state index in [0.29, 0.717) is 0 Å². The number of ether oxygens (including phenoxy) is 1. The van der Waals surface area contributed by atoms with Crippen LogP contribution >= 0.6 is 0 Å². The van der Waals surface area contributed by atoms with E-state index in [9.17, 15) is 20.4 Å². The Hall–Kier alpha value is -1.85. The average molecular weight is 311 g/mol. The maximum atomic E-state index is 10.4. The molecule has 0 bridgehead atoms. The van der Waals surface area contributed by atoms with E-state index in [0.717, 1.165) is 0 Å². The molecule has 10 nitrogen and oxygen atoms in total. The van der Waals surface area contributed by atoms with Crippen LogP contribution in [0.1, 0.15) is 6.92 Å². The van der Waals surface area contributed by atoms with Gasteiger partial charge in [0.15, 0.2) is 11.5 Å². The predicted molar refractivity (Wildman–Crippen MR) is 73.4 cm³/mol. The number of hydrogen-bond acceptors (Lipinski definition) is 9. The van der Waals surface area contributed by atoms with E-state index < -0.39 is 36.7 Å². The number of aliphatic hydroxyl groups excluding tert-OH is 4. The topological polar surface area (TPSA) is 160 Å². The summed E-state index contributed by atoms with van der Waals surface area (Å²) >= 11 is 0. The zero-order chi connectivity index (χ0) is 16.1. The fourth-order valence-electron chi connectivity index (χ4n) is 2.83. The number of nitrogens with zero attached hydrogens (tertiary/aromatic N) is 4. The van der Waals surface area contributed by atoms with Crippen molar-refractivity contribution in [3.05, 3.63) is 12.7 Å². The van der Waals surface area contributed by atoms with Gasteiger partial charge in [-0.2, -0.15) is 0 Å². The van der Waals surface area contributed by atoms with E-state index in [2.05, 4.69) is 15.0 Å². The number of anilines is 1. The van der Waals surface area contributed by atoms with Gasteiger partial charge in [-0.15, -0.1) is 0 Å². The summed E-state index contributed by atoms with van der Waals surface area (Å²) in [5.41, 5.74) is 4.49. The Kier molecular flexibility index (Phi) is 3.50. The molecule has 1 unspecified atom stereocenters. The molecule has 0 saturated carbocycles. The van der Waals surface area contributed by atoms with Crippen molar-refractivity contribution in [2.45, 2.75) is 37.1 Å². The lowest BCUT2D eigenvalue weighted by Gasteiger charge is -2.36. The third-order valence-corrected chi connectivity index (χ3v) is 3.99. The number of imidazole rings is 1. The largest absolute Gasteiger partial charge is 0.394 e. The molecule has 22 heavy (non-hydrogen) atoms. The molecule has 1 aliphatic heterocycles. The standard InChI is InChI=1S/C12H17N5O5/c1-5(19)12(9(21)8(20)6(2-18)22-12)17-4-16-7-10(13)14-3-15-11(7)17/h3-6,8-9,18-21H,2H2,1H3,(H2,13,14,15)/t5?,6-,8-,9-,12-/m1/s1. The van der Waals surface area contributed by atoms with Crippen molar-refractivity contribution in [2.24, 2.45) is 0 Å². The van der Waals surface area contributed by atoms with E-state index in [1.54, 1.807) is 0 Å². The monoisotopic (exact) mass is 311 g/mol. The molecule has 0 radical (unpaired) electrons. The highest BCUT2D eigenvalue weighted by molar-refractivity contribution is 5.81. The molecular weight excluding hydrogens is 294 g/mol. The Morgan fingerprint density at radius 1 is 1.41 bits per heavy atom. The van der Waals surface area contributed by atoms with Gasteiger partial charge in [0.2, 0.25) is 5.72 Å². The van der Waals surface area contributed by atoms with Crippen LogP contribution in [0, 0.1) is 0 Å². The number of aliphatic hydroxyl groups is 4. The van der Waals surface area contributed by atoms with Crippen molar-refractivity contribution < 1.29 is 25.2 Å². The highest BCUT2D eigenvalue weighted by atomic mass is 16.6. The van der Waals surface area contributed by atoms with E-state index in [1.807, 2.05) is 0 Å². The lowest BCUT2D eigenvalue weighted by molar-refractivity contribution is -0.200. The normalized spacial score (nSPS) is 33.4. The van der Waals surface area contributed by atoms with Gasteiger partial charge < -0.3 is 30.9 Å². The van der Waals surface area contributed by atoms with Crippen LogP contribution in [0.15, 0.2) is 12.7 Å². The number of nitrogen functional groups attached to an aromatic ring is 1. The van der Waals surface area contributed by atoms with Crippen LogP contribution in [0.5, 0.6) is 0 Å². The Labute approximate surface area is 124 Å². The van der Waals surface area contributed by atoms with Crippen molar-refractivity contribution in [1.29, 1.82) is 0 Å². The van der Waals surface area contributed by atoms with Gasteiger partial charge in [-0.3, -0.25) is 4.57 Å². The molecule has 0 aromatic carbocycles. The first-order valence-corrected chi connectivity index (χ1v) is 6.70. The summed E-state index contributed by atoms with van der Waals surface area (Å²) in [6.07, 6.45) is -2.66. The fourth-order valence-corrected chi connectivity index (χ4v) is 2.83. The number of rotatable bonds is 3. The number of hydrogen-bond donors (Lipinski definition) is 5. The van der Waals surface area contributed by atoms with E-state index in [-0.39, 0.29) is 17.0 Å². The maximum absolute atomic E-state index is 10.4. The van der Waals surface area contributed by atoms with Crippen LogP contribution in [0.25, 0.3) is 11.2 Å². The van der Waals surface area contributed by atoms with Gasteiger partial charge in [0.25, 0.3) is 0 Å². The molecule has 120 valence electrons. The van der Waals surface area contributed by atoms with E-state index >= 15 is 0 Å². The highest BCUT2D eigenvalue weighted by Crippen LogP contribution is 2.40. The minimum absolute atomic E-state index is 0.135. The molecule has 1 saturated heterocycles. The maximum Gasteiger partial charge on any atom is 0.202 e. The van der Waals surface area contributed by atoms with Crippen LogP contribution in [0.3, 0.4) is 0 Å². The van der Waals surface area contributed by atoms with Crippen LogP contribution in [0.2, 0.25) is 0 Å². The van der Waals surface area contributed by atoms with Gasteiger partial charge in [0, 0.05) is 0 Å². The SMILES string of the molecule is CC(O)[C@@]1(n2cnc3c(N)ncnc32)O[C@H](CO)[C@@H](O)[C@H]1O. The summed E-state index contributed by atoms with van der Waals surface area (Å²) in [6.45, 7) is 0.878. The third kappa shape index (κ3) is 1.82. The molecule has 1 fully saturated rings. The highest BCUT2D eigenvalue weighted by Gasteiger charge is 2.58. The van der Waals surface area contributed by atoms with Crippen LogP contribution in [-0.2, 0) is 10.5 Å². The van der Waals surface area contributed by atoms with Gasteiger partial charge in [-0.25, -0.2) is 15.0 Å². The summed E-state index contributed by atoms with van der Waals surface area (Å²) in [4.78, 5) is 11.9. The summed E-state index contributed by atoms with van der Waals surface area (Å²) in [7, 11) is 0. The molecule has 6 N–H and O–H groups in total. The smallest absolute Gasteiger partial charge is 0.202 e. The average Bonchev–Trinajstić information content (AvgIpc) is 3.02. The summed E-state index contributed by atoms with van der Waals surface area (Å²) < 4.78 is 6.90. The lowest BCUT2D eigenvalue weighted by Crippen LogP contribution is -2.53. The van der Waals surface area contributed by atoms with Crippen molar-refractivity contribution in [3.8, 4) is 0 Å². The zero-order valence-electron chi connectivity index (χ0n) is 11.7. The van der Waals surface area contributed by atoms with E-state index in [4.69, 9.17) is 10.5 Å². The number of aromatic nitrogens is 4. The molecular formula is C12H17N5O5. The van der Waals surface area contributed by atoms with Crippen LogP contribution in [-0.4, -0.2) is 71.0 Å². The molecule has 10 heteroatoms. The first-order valence-electron chi connectivity index (χ1n) is 6.70. The number of nitrogens with two attached hydrogens (primary N) is 1. The Balaban J connectivity index is 2.22. The quantitative estimate of drug-likeness (QED) is 0.414. The van der Waals surface area contributed by atoms with Gasteiger partial charge in [0.1, 0.15) is 36.3 Å². The molecule has 1 aliphatic rings. The minimum atomic E-state index is -1.75. The molecule has 0 amide bonds. The van der Waals surface area contributed by atoms with Gasteiger partial charge in [-0.05, 0) is 6.92 Å². The van der Waals surface area contributed by atoms with Crippen molar-refractivity contribution in [3.63, 3.8) is 0 Å². The van der Waals surface area contributed by atoms with Gasteiger partial charge in [0.05, 0.1) is 12.9 Å². The summed E-state index contributed by atoms with van der Waals surface area (Å²) in [5.74, 6) is 0.135. The Morgan fingerprint density at radius 3 is 2.73 bits per heavy atom. The third-order valence-electron chi connectivity index (χ3n) is 3.99. The Morgan fingerprint density at radius 2 is 2.14 bits per heavy atom. The predicted octanol–water partition coefficient (Wildman–Crippen LogP) is -2.44. The lowest BCUT2D eigenvalue weighted by atomic mass is 9.97. The second-order valence-electron chi connectivity index (χ2n) is 5.25. The molecule has 2 aromatic rings. The fraction of sp³-hybridized carbons (Fsp3) is 0.583. The molecule has 0 aliphatic carbocycles. The van der Waals surface area contributed by atoms with Crippen molar-refractivity contribution >= 4 is 17.0 Å². The zero-order valence-corrected chi connectivity index (χ0v) is 11.7. The van der Waals surface area contributed by atoms with Crippen LogP contribution < -0.4 is 5.73 Å². The van der Waals surface area contributed by atoms with Crippen molar-refractivity contribution in [1.82, 2.24) is 19.5 Å². The Bertz CT molecular complexity index is 692. The first kappa shape index (κ1) is 15.1. The van der Waals surface area contributed by atoms with E-state index in [1.165, 1.54) is 24.1 Å². The molecule has 2 aromatic heterocycles. The number of fused-ring (bicyclic) bond motifs is 1. The minimum Gasteiger partial charge on any atom is -0.394 e. The van der Waals surface area contributed by atoms with Gasteiger partial charge >= 0.3 is 0 Å². The summed E-state index contributed by atoms with van der Waals surface area (Å²) in [6, 6.07) is 0. The first-order chi connectivity index (χ1) is 10.4. The second kappa shape index (κ2) is 5.11. The van der Waals surface area contributed by atoms with Gasteiger partial charge in [-0.1, -0.05) is 0 Å².